The highest BCUT2D eigenvalue weighted by atomic mass is 32.2. The highest BCUT2D eigenvalue weighted by Gasteiger charge is 2.28. The molecule has 2 aromatic heterocycles. The van der Waals surface area contributed by atoms with Crippen molar-refractivity contribution in [3.8, 4) is 22.6 Å². The van der Waals surface area contributed by atoms with E-state index >= 15 is 0 Å². The van der Waals surface area contributed by atoms with E-state index < -0.39 is 17.9 Å². The number of hydrogen-bond donors (Lipinski definition) is 1. The van der Waals surface area contributed by atoms with Gasteiger partial charge in [0.05, 0.1) is 11.1 Å². The van der Waals surface area contributed by atoms with E-state index in [1.165, 1.54) is 29.4 Å². The van der Waals surface area contributed by atoms with E-state index in [-0.39, 0.29) is 12.4 Å². The van der Waals surface area contributed by atoms with Gasteiger partial charge in [0.1, 0.15) is 22.8 Å². The molecule has 4 aromatic rings. The normalized spacial score (nSPS) is 14.8. The highest BCUT2D eigenvalue weighted by molar-refractivity contribution is 8.00. The van der Waals surface area contributed by atoms with Gasteiger partial charge in [-0.25, -0.2) is 9.97 Å². The van der Waals surface area contributed by atoms with Gasteiger partial charge < -0.3 is 9.47 Å². The first kappa shape index (κ1) is 20.5. The van der Waals surface area contributed by atoms with Crippen LogP contribution >= 0.6 is 23.1 Å². The average molecular weight is 464 g/mol. The molecular weight excluding hydrogens is 446 g/mol. The van der Waals surface area contributed by atoms with Gasteiger partial charge in [0, 0.05) is 10.9 Å². The van der Waals surface area contributed by atoms with Crippen LogP contribution in [0.2, 0.25) is 0 Å². The first-order valence-corrected chi connectivity index (χ1v) is 11.7. The molecule has 32 heavy (non-hydrogen) atoms. The molecule has 0 saturated carbocycles. The molecule has 0 fully saturated rings. The molecule has 1 atom stereocenters. The first-order chi connectivity index (χ1) is 15.7. The number of rotatable bonds is 5. The van der Waals surface area contributed by atoms with Crippen molar-refractivity contribution in [3.63, 3.8) is 0 Å². The Morgan fingerprint density at radius 1 is 1.06 bits per heavy atom. The molecule has 2 aromatic carbocycles. The summed E-state index contributed by atoms with van der Waals surface area (Å²) in [5.41, 5.74) is 2.08. The molecule has 9 heteroatoms. The minimum atomic E-state index is -0.883. The summed E-state index contributed by atoms with van der Waals surface area (Å²) in [4.78, 5) is 34.5. The minimum Gasteiger partial charge on any atom is -0.485 e. The lowest BCUT2D eigenvalue weighted by Crippen LogP contribution is -2.46. The van der Waals surface area contributed by atoms with Crippen LogP contribution in [0.4, 0.5) is 0 Å². The third-order valence-corrected chi connectivity index (χ3v) is 6.70. The lowest BCUT2D eigenvalue weighted by molar-refractivity contribution is -0.135. The van der Waals surface area contributed by atoms with Crippen LogP contribution in [0.15, 0.2) is 71.3 Å². The van der Waals surface area contributed by atoms with Crippen LogP contribution in [-0.2, 0) is 9.59 Å². The Bertz CT molecular complexity index is 1290. The van der Waals surface area contributed by atoms with Crippen LogP contribution in [0.25, 0.3) is 21.3 Å². The standard InChI is InChI=1S/C23H17N3O4S2/c27-19(26-21(28)18-10-29-16-8-4-5-9-17(16)30-18)12-32-23-20-15(14-6-2-1-3-7-14)11-31-22(20)24-13-25-23/h1-9,11,13,18H,10,12H2,(H,26,27,28)/t18-/m1/s1. The second kappa shape index (κ2) is 8.97. The molecule has 7 nitrogen and oxygen atoms in total. The van der Waals surface area contributed by atoms with Gasteiger partial charge in [-0.2, -0.15) is 0 Å². The number of amides is 2. The molecule has 160 valence electrons. The molecule has 0 spiro atoms. The third kappa shape index (κ3) is 4.17. The van der Waals surface area contributed by atoms with Crippen molar-refractivity contribution in [3.05, 3.63) is 66.3 Å². The number of fused-ring (bicyclic) bond motifs is 2. The molecule has 1 aliphatic rings. The fourth-order valence-electron chi connectivity index (χ4n) is 3.32. The van der Waals surface area contributed by atoms with E-state index in [9.17, 15) is 9.59 Å². The van der Waals surface area contributed by atoms with Crippen molar-refractivity contribution in [2.75, 3.05) is 12.4 Å². The number of nitrogens with one attached hydrogen (secondary N) is 1. The SMILES string of the molecule is O=C(CSc1ncnc2scc(-c3ccccc3)c12)NC(=O)[C@H]1COc2ccccc2O1. The van der Waals surface area contributed by atoms with Crippen molar-refractivity contribution in [2.45, 2.75) is 11.1 Å². The Morgan fingerprint density at radius 3 is 2.69 bits per heavy atom. The topological polar surface area (TPSA) is 90.4 Å². The maximum absolute atomic E-state index is 12.5. The van der Waals surface area contributed by atoms with E-state index in [1.54, 1.807) is 18.2 Å². The number of nitrogens with zero attached hydrogens (tertiary/aromatic N) is 2. The predicted octanol–water partition coefficient (Wildman–Crippen LogP) is 3.93. The van der Waals surface area contributed by atoms with Gasteiger partial charge in [0.25, 0.3) is 5.91 Å². The predicted molar refractivity (Wildman–Crippen MR) is 123 cm³/mol. The lowest BCUT2D eigenvalue weighted by Gasteiger charge is -2.25. The van der Waals surface area contributed by atoms with Crippen LogP contribution in [-0.4, -0.2) is 40.2 Å². The van der Waals surface area contributed by atoms with Crippen LogP contribution in [0, 0.1) is 0 Å². The van der Waals surface area contributed by atoms with Crippen LogP contribution < -0.4 is 14.8 Å². The monoisotopic (exact) mass is 463 g/mol. The number of thiophene rings is 1. The van der Waals surface area contributed by atoms with E-state index in [1.807, 2.05) is 41.8 Å². The zero-order valence-electron chi connectivity index (χ0n) is 16.7. The molecule has 0 bridgehead atoms. The van der Waals surface area contributed by atoms with Crippen molar-refractivity contribution in [1.29, 1.82) is 0 Å². The summed E-state index contributed by atoms with van der Waals surface area (Å²) < 4.78 is 11.2. The summed E-state index contributed by atoms with van der Waals surface area (Å²) >= 11 is 2.80. The molecular formula is C23H17N3O4S2. The van der Waals surface area contributed by atoms with E-state index in [2.05, 4.69) is 15.3 Å². The molecule has 0 aliphatic carbocycles. The van der Waals surface area contributed by atoms with Crippen molar-refractivity contribution in [2.24, 2.45) is 0 Å². The molecule has 0 saturated heterocycles. The van der Waals surface area contributed by atoms with Gasteiger partial charge in [-0.05, 0) is 17.7 Å². The Morgan fingerprint density at radius 2 is 1.84 bits per heavy atom. The van der Waals surface area contributed by atoms with E-state index in [0.29, 0.717) is 16.5 Å². The third-order valence-electron chi connectivity index (χ3n) is 4.82. The number of para-hydroxylation sites is 2. The van der Waals surface area contributed by atoms with Gasteiger partial charge in [-0.1, -0.05) is 54.2 Å². The number of carbonyl (C=O) groups is 2. The maximum Gasteiger partial charge on any atom is 0.271 e. The summed E-state index contributed by atoms with van der Waals surface area (Å²) in [6.07, 6.45) is 0.607. The molecule has 5 rings (SSSR count). The zero-order valence-corrected chi connectivity index (χ0v) is 18.3. The number of aromatic nitrogens is 2. The second-order valence-electron chi connectivity index (χ2n) is 6.94. The van der Waals surface area contributed by atoms with Gasteiger partial charge in [-0.3, -0.25) is 14.9 Å². The number of thioether (sulfide) groups is 1. The Labute approximate surface area is 191 Å². The van der Waals surface area contributed by atoms with E-state index in [4.69, 9.17) is 9.47 Å². The highest BCUT2D eigenvalue weighted by Crippen LogP contribution is 2.37. The van der Waals surface area contributed by atoms with Crippen LogP contribution in [0.3, 0.4) is 0 Å². The van der Waals surface area contributed by atoms with Gasteiger partial charge in [0.2, 0.25) is 12.0 Å². The quantitative estimate of drug-likeness (QED) is 0.354. The lowest BCUT2D eigenvalue weighted by atomic mass is 10.1. The fourth-order valence-corrected chi connectivity index (χ4v) is 5.12. The minimum absolute atomic E-state index is 0.0338. The van der Waals surface area contributed by atoms with Gasteiger partial charge >= 0.3 is 0 Å². The summed E-state index contributed by atoms with van der Waals surface area (Å²) in [5, 5.41) is 6.05. The van der Waals surface area contributed by atoms with Gasteiger partial charge in [-0.15, -0.1) is 11.3 Å². The number of imide groups is 1. The first-order valence-electron chi connectivity index (χ1n) is 9.81. The number of ether oxygens (including phenoxy) is 2. The maximum atomic E-state index is 12.5. The molecule has 0 unspecified atom stereocenters. The molecule has 3 heterocycles. The Hall–Kier alpha value is -3.43. The summed E-state index contributed by atoms with van der Waals surface area (Å²) in [5.74, 6) is 0.141. The molecule has 2 amide bonds. The van der Waals surface area contributed by atoms with E-state index in [0.717, 1.165) is 21.3 Å². The number of carbonyl (C=O) groups excluding carboxylic acids is 2. The molecule has 0 radical (unpaired) electrons. The molecule has 1 N–H and O–H groups in total. The largest absolute Gasteiger partial charge is 0.485 e. The zero-order chi connectivity index (χ0) is 21.9. The van der Waals surface area contributed by atoms with Crippen molar-refractivity contribution in [1.82, 2.24) is 15.3 Å². The fraction of sp³-hybridized carbons (Fsp3) is 0.130. The smallest absolute Gasteiger partial charge is 0.271 e. The summed E-state index contributed by atoms with van der Waals surface area (Å²) in [6, 6.07) is 17.1. The second-order valence-corrected chi connectivity index (χ2v) is 8.76. The molecule has 1 aliphatic heterocycles. The Balaban J connectivity index is 1.26. The van der Waals surface area contributed by atoms with Crippen LogP contribution in [0.1, 0.15) is 0 Å². The Kier molecular flexibility index (Phi) is 5.74. The van der Waals surface area contributed by atoms with Crippen LogP contribution in [0.5, 0.6) is 11.5 Å². The number of hydrogen-bond acceptors (Lipinski definition) is 8. The number of benzene rings is 2. The van der Waals surface area contributed by atoms with Crippen molar-refractivity contribution >= 4 is 45.1 Å². The average Bonchev–Trinajstić information content (AvgIpc) is 3.28. The summed E-state index contributed by atoms with van der Waals surface area (Å²) in [6.45, 7) is 0.0468. The summed E-state index contributed by atoms with van der Waals surface area (Å²) in [7, 11) is 0. The van der Waals surface area contributed by atoms with Gasteiger partial charge in [0.15, 0.2) is 11.5 Å². The van der Waals surface area contributed by atoms with Crippen molar-refractivity contribution < 1.29 is 19.1 Å².